The first-order valence-corrected chi connectivity index (χ1v) is 8.89. The molecule has 0 unspecified atom stereocenters. The number of carbonyl (C=O) groups excluding carboxylic acids is 3. The van der Waals surface area contributed by atoms with Crippen molar-refractivity contribution in [1.82, 2.24) is 10.6 Å². The van der Waals surface area contributed by atoms with Crippen molar-refractivity contribution in [3.05, 3.63) is 71.8 Å². The molecule has 0 heterocycles. The molecule has 0 fully saturated rings. The first kappa shape index (κ1) is 21.5. The average molecular weight is 394 g/mol. The number of esters is 1. The number of nitrogens with one attached hydrogen (secondary N) is 2. The van der Waals surface area contributed by atoms with Crippen LogP contribution in [0.2, 0.25) is 0 Å². The number of hydrogen-bond acceptors (Lipinski definition) is 5. The molecule has 0 saturated carbocycles. The van der Waals surface area contributed by atoms with Crippen LogP contribution in [0.1, 0.15) is 17.2 Å². The summed E-state index contributed by atoms with van der Waals surface area (Å²) in [5.41, 5.74) is 1.37. The van der Waals surface area contributed by atoms with Crippen molar-refractivity contribution in [2.24, 2.45) is 0 Å². The topological polar surface area (TPSA) is 93.7 Å². The molecule has 2 aromatic rings. The molecule has 29 heavy (non-hydrogen) atoms. The van der Waals surface area contributed by atoms with Crippen LogP contribution >= 0.6 is 0 Å². The minimum absolute atomic E-state index is 0.228. The van der Waals surface area contributed by atoms with Gasteiger partial charge in [-0.2, -0.15) is 0 Å². The smallest absolute Gasteiger partial charge is 0.409 e. The molecule has 2 rings (SSSR count). The van der Waals surface area contributed by atoms with E-state index in [4.69, 9.17) is 15.9 Å². The van der Waals surface area contributed by atoms with E-state index >= 15 is 0 Å². The molecule has 2 amide bonds. The summed E-state index contributed by atoms with van der Waals surface area (Å²) in [6.45, 7) is -0.228. The van der Waals surface area contributed by atoms with E-state index in [0.717, 1.165) is 5.56 Å². The first-order valence-electron chi connectivity index (χ1n) is 8.89. The summed E-state index contributed by atoms with van der Waals surface area (Å²) in [6, 6.07) is 15.8. The second-order valence-electron chi connectivity index (χ2n) is 6.04. The van der Waals surface area contributed by atoms with Crippen LogP contribution in [0.15, 0.2) is 60.7 Å². The Morgan fingerprint density at radius 2 is 1.62 bits per heavy atom. The van der Waals surface area contributed by atoms with E-state index in [1.54, 1.807) is 30.3 Å². The Kier molecular flexibility index (Phi) is 8.27. The van der Waals surface area contributed by atoms with Crippen LogP contribution in [0.3, 0.4) is 0 Å². The lowest BCUT2D eigenvalue weighted by atomic mass is 10.0. The lowest BCUT2D eigenvalue weighted by Gasteiger charge is -2.22. The highest BCUT2D eigenvalue weighted by molar-refractivity contribution is 5.90. The molecule has 0 aliphatic carbocycles. The van der Waals surface area contributed by atoms with Crippen LogP contribution < -0.4 is 10.6 Å². The number of terminal acetylenes is 1. The van der Waals surface area contributed by atoms with Gasteiger partial charge in [0.2, 0.25) is 5.91 Å². The third-order valence-corrected chi connectivity index (χ3v) is 4.03. The van der Waals surface area contributed by atoms with E-state index in [0.29, 0.717) is 5.56 Å². The van der Waals surface area contributed by atoms with Gasteiger partial charge in [0, 0.05) is 6.42 Å². The number of amides is 2. The molecule has 0 radical (unpaired) electrons. The van der Waals surface area contributed by atoms with Gasteiger partial charge >= 0.3 is 12.1 Å². The van der Waals surface area contributed by atoms with Gasteiger partial charge in [-0.15, -0.1) is 6.42 Å². The zero-order valence-corrected chi connectivity index (χ0v) is 16.0. The third-order valence-electron chi connectivity index (χ3n) is 4.03. The Labute approximate surface area is 169 Å². The molecule has 7 nitrogen and oxygen atoms in total. The van der Waals surface area contributed by atoms with Gasteiger partial charge in [0.15, 0.2) is 6.61 Å². The molecule has 0 spiro atoms. The number of benzene rings is 2. The molecule has 2 N–H and O–H groups in total. The van der Waals surface area contributed by atoms with Crippen LogP contribution in [0.4, 0.5) is 4.79 Å². The quantitative estimate of drug-likeness (QED) is 0.528. The summed E-state index contributed by atoms with van der Waals surface area (Å²) in [4.78, 5) is 37.1. The van der Waals surface area contributed by atoms with Crippen LogP contribution in [-0.4, -0.2) is 37.7 Å². The maximum atomic E-state index is 12.9. The van der Waals surface area contributed by atoms with E-state index in [2.05, 4.69) is 16.6 Å². The summed E-state index contributed by atoms with van der Waals surface area (Å²) in [5, 5.41) is 5.13. The molecule has 150 valence electrons. The Morgan fingerprint density at radius 3 is 2.21 bits per heavy atom. The Bertz CT molecular complexity index is 862. The fourth-order valence-corrected chi connectivity index (χ4v) is 2.65. The predicted molar refractivity (Wildman–Crippen MR) is 107 cm³/mol. The SMILES string of the molecule is C#CCOC(=O)N[C@@H](C(=O)N[C@@H](Cc1ccccc1)C(=O)OC)c1ccccc1. The fraction of sp³-hybridized carbons (Fsp3) is 0.227. The largest absolute Gasteiger partial charge is 0.467 e. The van der Waals surface area contributed by atoms with E-state index < -0.39 is 30.1 Å². The van der Waals surface area contributed by atoms with Crippen LogP contribution in [0.25, 0.3) is 0 Å². The highest BCUT2D eigenvalue weighted by Gasteiger charge is 2.29. The predicted octanol–water partition coefficient (Wildman–Crippen LogP) is 1.99. The van der Waals surface area contributed by atoms with Gasteiger partial charge in [-0.1, -0.05) is 66.6 Å². The maximum absolute atomic E-state index is 12.9. The minimum atomic E-state index is -1.08. The molecule has 0 aliphatic rings. The highest BCUT2D eigenvalue weighted by Crippen LogP contribution is 2.14. The molecular weight excluding hydrogens is 372 g/mol. The zero-order chi connectivity index (χ0) is 21.1. The van der Waals surface area contributed by atoms with Crippen molar-refractivity contribution < 1.29 is 23.9 Å². The van der Waals surface area contributed by atoms with E-state index in [9.17, 15) is 14.4 Å². The zero-order valence-electron chi connectivity index (χ0n) is 16.0. The lowest BCUT2D eigenvalue weighted by Crippen LogP contribution is -2.48. The summed E-state index contributed by atoms with van der Waals surface area (Å²) in [6.07, 6.45) is 4.48. The maximum Gasteiger partial charge on any atom is 0.409 e. The van der Waals surface area contributed by atoms with Crippen LogP contribution in [-0.2, 0) is 25.5 Å². The number of methoxy groups -OCH3 is 1. The molecule has 0 aromatic heterocycles. The van der Waals surface area contributed by atoms with Crippen LogP contribution in [0.5, 0.6) is 0 Å². The standard InChI is InChI=1S/C22H22N2O5/c1-3-14-29-22(27)24-19(17-12-8-5-9-13-17)20(25)23-18(21(26)28-2)15-16-10-6-4-7-11-16/h1,4-13,18-19H,14-15H2,2H3,(H,23,25)(H,24,27)/t18-,19+/m0/s1. The minimum Gasteiger partial charge on any atom is -0.467 e. The van der Waals surface area contributed by atoms with Crippen molar-refractivity contribution in [1.29, 1.82) is 0 Å². The van der Waals surface area contributed by atoms with Gasteiger partial charge in [-0.3, -0.25) is 4.79 Å². The van der Waals surface area contributed by atoms with E-state index in [1.807, 2.05) is 30.3 Å². The Hall–Kier alpha value is -3.79. The molecule has 2 atom stereocenters. The molecule has 7 heteroatoms. The summed E-state index contributed by atoms with van der Waals surface area (Å²) < 4.78 is 9.62. The van der Waals surface area contributed by atoms with Crippen molar-refractivity contribution in [3.63, 3.8) is 0 Å². The average Bonchev–Trinajstić information content (AvgIpc) is 2.76. The van der Waals surface area contributed by atoms with Crippen molar-refractivity contribution in [2.75, 3.05) is 13.7 Å². The number of rotatable bonds is 8. The monoisotopic (exact) mass is 394 g/mol. The van der Waals surface area contributed by atoms with Gasteiger partial charge in [-0.05, 0) is 11.1 Å². The van der Waals surface area contributed by atoms with E-state index in [1.165, 1.54) is 7.11 Å². The fourth-order valence-electron chi connectivity index (χ4n) is 2.65. The Balaban J connectivity index is 2.19. The second kappa shape index (κ2) is 11.1. The molecule has 0 aliphatic heterocycles. The number of ether oxygens (including phenoxy) is 2. The molecule has 0 saturated heterocycles. The van der Waals surface area contributed by atoms with Crippen LogP contribution in [0, 0.1) is 12.3 Å². The second-order valence-corrected chi connectivity index (χ2v) is 6.04. The number of hydrogen-bond donors (Lipinski definition) is 2. The first-order chi connectivity index (χ1) is 14.0. The lowest BCUT2D eigenvalue weighted by molar-refractivity contribution is -0.145. The Morgan fingerprint density at radius 1 is 1.00 bits per heavy atom. The van der Waals surface area contributed by atoms with E-state index in [-0.39, 0.29) is 13.0 Å². The number of carbonyl (C=O) groups is 3. The molecular formula is C22H22N2O5. The van der Waals surface area contributed by atoms with Crippen molar-refractivity contribution in [2.45, 2.75) is 18.5 Å². The summed E-state index contributed by atoms with van der Waals surface area (Å²) in [7, 11) is 1.25. The third kappa shape index (κ3) is 6.70. The van der Waals surface area contributed by atoms with Gasteiger partial charge in [0.1, 0.15) is 12.1 Å². The summed E-state index contributed by atoms with van der Waals surface area (Å²) >= 11 is 0. The number of alkyl carbamates (subject to hydrolysis) is 1. The summed E-state index contributed by atoms with van der Waals surface area (Å²) in [5.74, 6) is 1.00. The van der Waals surface area contributed by atoms with Crippen molar-refractivity contribution >= 4 is 18.0 Å². The van der Waals surface area contributed by atoms with Crippen molar-refractivity contribution in [3.8, 4) is 12.3 Å². The molecule has 2 aromatic carbocycles. The van der Waals surface area contributed by atoms with Gasteiger partial charge in [-0.25, -0.2) is 9.59 Å². The normalized spacial score (nSPS) is 12.0. The van der Waals surface area contributed by atoms with Gasteiger partial charge < -0.3 is 20.1 Å². The highest BCUT2D eigenvalue weighted by atomic mass is 16.5. The molecule has 0 bridgehead atoms. The van der Waals surface area contributed by atoms with Gasteiger partial charge in [0.25, 0.3) is 0 Å². The van der Waals surface area contributed by atoms with Gasteiger partial charge in [0.05, 0.1) is 7.11 Å².